The van der Waals surface area contributed by atoms with Crippen LogP contribution >= 0.6 is 11.3 Å². The maximum atomic E-state index is 10.7. The lowest BCUT2D eigenvalue weighted by Crippen LogP contribution is -2.16. The summed E-state index contributed by atoms with van der Waals surface area (Å²) in [6, 6.07) is 0. The molecule has 2 nitrogen and oxygen atoms in total. The Hall–Kier alpha value is -0.700. The molecule has 0 atom stereocenters. The van der Waals surface area contributed by atoms with Crippen LogP contribution in [0.25, 0.3) is 0 Å². The van der Waals surface area contributed by atoms with Gasteiger partial charge in [-0.3, -0.25) is 4.79 Å². The lowest BCUT2D eigenvalue weighted by molar-refractivity contribution is 0.112. The van der Waals surface area contributed by atoms with Gasteiger partial charge in [0, 0.05) is 5.41 Å². The van der Waals surface area contributed by atoms with Crippen molar-refractivity contribution in [2.75, 3.05) is 0 Å². The van der Waals surface area contributed by atoms with Crippen molar-refractivity contribution in [1.29, 1.82) is 0 Å². The molecule has 76 valence electrons. The first-order valence-corrected chi connectivity index (χ1v) is 5.90. The number of aryl methyl sites for hydroxylation is 1. The highest BCUT2D eigenvalue weighted by atomic mass is 32.1. The van der Waals surface area contributed by atoms with E-state index in [1.165, 1.54) is 25.7 Å². The number of aldehydes is 1. The molecule has 0 aromatic carbocycles. The molecule has 1 aliphatic carbocycles. The molecule has 1 fully saturated rings. The number of aromatic nitrogens is 1. The third kappa shape index (κ3) is 1.50. The van der Waals surface area contributed by atoms with Crippen molar-refractivity contribution in [1.82, 2.24) is 4.98 Å². The summed E-state index contributed by atoms with van der Waals surface area (Å²) in [7, 11) is 0. The Balaban J connectivity index is 2.36. The molecule has 0 saturated heterocycles. The summed E-state index contributed by atoms with van der Waals surface area (Å²) in [5.41, 5.74) is 1.14. The molecule has 1 aliphatic rings. The Bertz CT molecular complexity index is 350. The molecule has 1 saturated carbocycles. The zero-order valence-electron chi connectivity index (χ0n) is 8.67. The van der Waals surface area contributed by atoms with Gasteiger partial charge in [-0.15, -0.1) is 11.3 Å². The number of hydrogen-bond donors (Lipinski definition) is 0. The third-order valence-electron chi connectivity index (χ3n) is 3.16. The van der Waals surface area contributed by atoms with Crippen molar-refractivity contribution in [3.05, 3.63) is 15.6 Å². The van der Waals surface area contributed by atoms with Crippen LogP contribution in [0.5, 0.6) is 0 Å². The van der Waals surface area contributed by atoms with Gasteiger partial charge in [0.1, 0.15) is 0 Å². The van der Waals surface area contributed by atoms with Gasteiger partial charge < -0.3 is 0 Å². The van der Waals surface area contributed by atoms with Gasteiger partial charge in [0.25, 0.3) is 0 Å². The molecule has 1 aromatic heterocycles. The van der Waals surface area contributed by atoms with E-state index in [0.29, 0.717) is 0 Å². The second kappa shape index (κ2) is 3.46. The first-order valence-electron chi connectivity index (χ1n) is 5.09. The van der Waals surface area contributed by atoms with Gasteiger partial charge in [-0.2, -0.15) is 0 Å². The van der Waals surface area contributed by atoms with Crippen molar-refractivity contribution >= 4 is 17.6 Å². The van der Waals surface area contributed by atoms with Gasteiger partial charge in [0.15, 0.2) is 6.29 Å². The fraction of sp³-hybridized carbons (Fsp3) is 0.636. The van der Waals surface area contributed by atoms with Crippen molar-refractivity contribution in [2.45, 2.75) is 44.9 Å². The maximum Gasteiger partial charge on any atom is 0.161 e. The molecule has 0 spiro atoms. The fourth-order valence-electron chi connectivity index (χ4n) is 2.14. The number of thiazole rings is 1. The molecule has 0 unspecified atom stereocenters. The zero-order chi connectivity index (χ0) is 10.2. The molecule has 0 bridgehead atoms. The summed E-state index contributed by atoms with van der Waals surface area (Å²) in [5.74, 6) is 0. The largest absolute Gasteiger partial charge is 0.297 e. The minimum Gasteiger partial charge on any atom is -0.297 e. The standard InChI is InChI=1S/C11H15NOS/c1-8-9(7-13)14-10(12-8)11(2)5-3-4-6-11/h7H,3-6H2,1-2H3. The van der Waals surface area contributed by atoms with Crippen LogP contribution < -0.4 is 0 Å². The number of carbonyl (C=O) groups is 1. The van der Waals surface area contributed by atoms with Crippen molar-refractivity contribution < 1.29 is 4.79 Å². The zero-order valence-corrected chi connectivity index (χ0v) is 9.49. The minimum absolute atomic E-state index is 0.247. The van der Waals surface area contributed by atoms with E-state index in [1.807, 2.05) is 6.92 Å². The summed E-state index contributed by atoms with van der Waals surface area (Å²) >= 11 is 1.58. The lowest BCUT2D eigenvalue weighted by Gasteiger charge is -2.19. The van der Waals surface area contributed by atoms with Gasteiger partial charge in [-0.1, -0.05) is 19.8 Å². The molecular weight excluding hydrogens is 194 g/mol. The molecule has 0 amide bonds. The number of carbonyl (C=O) groups excluding carboxylic acids is 1. The van der Waals surface area contributed by atoms with E-state index >= 15 is 0 Å². The highest BCUT2D eigenvalue weighted by Gasteiger charge is 2.33. The Morgan fingerprint density at radius 3 is 2.57 bits per heavy atom. The molecule has 3 heteroatoms. The molecule has 1 heterocycles. The van der Waals surface area contributed by atoms with Crippen LogP contribution in [0.4, 0.5) is 0 Å². The van der Waals surface area contributed by atoms with E-state index in [4.69, 9.17) is 0 Å². The maximum absolute atomic E-state index is 10.7. The van der Waals surface area contributed by atoms with Gasteiger partial charge >= 0.3 is 0 Å². The molecule has 2 rings (SSSR count). The van der Waals surface area contributed by atoms with E-state index in [2.05, 4.69) is 11.9 Å². The van der Waals surface area contributed by atoms with E-state index in [9.17, 15) is 4.79 Å². The molecule has 0 aliphatic heterocycles. The van der Waals surface area contributed by atoms with Crippen LogP contribution in [0.1, 0.15) is 53.0 Å². The van der Waals surface area contributed by atoms with Crippen LogP contribution in [0.2, 0.25) is 0 Å². The Labute approximate surface area is 88.4 Å². The molecule has 0 radical (unpaired) electrons. The van der Waals surface area contributed by atoms with E-state index in [0.717, 1.165) is 21.9 Å². The topological polar surface area (TPSA) is 30.0 Å². The summed E-state index contributed by atoms with van der Waals surface area (Å²) in [6.07, 6.45) is 5.96. The van der Waals surface area contributed by atoms with Gasteiger partial charge in [-0.05, 0) is 19.8 Å². The number of nitrogens with zero attached hydrogens (tertiary/aromatic N) is 1. The van der Waals surface area contributed by atoms with Gasteiger partial charge in [-0.25, -0.2) is 4.98 Å². The normalized spacial score (nSPS) is 19.9. The van der Waals surface area contributed by atoms with Crippen LogP contribution in [0.3, 0.4) is 0 Å². The number of hydrogen-bond acceptors (Lipinski definition) is 3. The fourth-order valence-corrected chi connectivity index (χ4v) is 3.23. The second-order valence-corrected chi connectivity index (χ2v) is 5.38. The van der Waals surface area contributed by atoms with Crippen LogP contribution in [0.15, 0.2) is 0 Å². The van der Waals surface area contributed by atoms with E-state index in [-0.39, 0.29) is 5.41 Å². The van der Waals surface area contributed by atoms with Crippen LogP contribution in [-0.2, 0) is 5.41 Å². The molecular formula is C11H15NOS. The average Bonchev–Trinajstić information content (AvgIpc) is 2.73. The number of rotatable bonds is 2. The molecule has 14 heavy (non-hydrogen) atoms. The Morgan fingerprint density at radius 2 is 2.07 bits per heavy atom. The Morgan fingerprint density at radius 1 is 1.43 bits per heavy atom. The summed E-state index contributed by atoms with van der Waals surface area (Å²) in [6.45, 7) is 4.19. The predicted molar refractivity (Wildman–Crippen MR) is 58.1 cm³/mol. The van der Waals surface area contributed by atoms with Gasteiger partial charge in [0.2, 0.25) is 0 Å². The minimum atomic E-state index is 0.247. The quantitative estimate of drug-likeness (QED) is 0.700. The SMILES string of the molecule is Cc1nc(C2(C)CCCC2)sc1C=O. The first-order chi connectivity index (χ1) is 6.65. The second-order valence-electron chi connectivity index (χ2n) is 4.35. The van der Waals surface area contributed by atoms with E-state index < -0.39 is 0 Å². The molecule has 1 aromatic rings. The van der Waals surface area contributed by atoms with Gasteiger partial charge in [0.05, 0.1) is 15.6 Å². The third-order valence-corrected chi connectivity index (χ3v) is 4.55. The lowest BCUT2D eigenvalue weighted by atomic mass is 9.90. The smallest absolute Gasteiger partial charge is 0.161 e. The summed E-state index contributed by atoms with van der Waals surface area (Å²) < 4.78 is 0. The summed E-state index contributed by atoms with van der Waals surface area (Å²) in [5, 5.41) is 1.16. The van der Waals surface area contributed by atoms with Crippen molar-refractivity contribution in [3.8, 4) is 0 Å². The van der Waals surface area contributed by atoms with Crippen LogP contribution in [0, 0.1) is 6.92 Å². The average molecular weight is 209 g/mol. The molecule has 0 N–H and O–H groups in total. The van der Waals surface area contributed by atoms with E-state index in [1.54, 1.807) is 11.3 Å². The predicted octanol–water partition coefficient (Wildman–Crippen LogP) is 3.10. The van der Waals surface area contributed by atoms with Crippen molar-refractivity contribution in [3.63, 3.8) is 0 Å². The van der Waals surface area contributed by atoms with Crippen molar-refractivity contribution in [2.24, 2.45) is 0 Å². The highest BCUT2D eigenvalue weighted by Crippen LogP contribution is 2.42. The summed E-state index contributed by atoms with van der Waals surface area (Å²) in [4.78, 5) is 16.1. The first kappa shape index (κ1) is 9.84. The Kier molecular flexibility index (Phi) is 2.43. The highest BCUT2D eigenvalue weighted by molar-refractivity contribution is 7.13. The van der Waals surface area contributed by atoms with Crippen LogP contribution in [-0.4, -0.2) is 11.3 Å². The monoisotopic (exact) mass is 209 g/mol.